The number of anilines is 1. The number of ether oxygens (including phenoxy) is 1. The first-order valence-electron chi connectivity index (χ1n) is 8.72. The van der Waals surface area contributed by atoms with E-state index < -0.39 is 10.8 Å². The van der Waals surface area contributed by atoms with Gasteiger partial charge >= 0.3 is 0 Å². The van der Waals surface area contributed by atoms with E-state index in [1.54, 1.807) is 18.2 Å². The predicted molar refractivity (Wildman–Crippen MR) is 103 cm³/mol. The van der Waals surface area contributed by atoms with E-state index in [0.29, 0.717) is 28.9 Å². The molecule has 1 amide bonds. The molecule has 0 aliphatic carbocycles. The molecule has 0 spiro atoms. The van der Waals surface area contributed by atoms with E-state index in [0.717, 1.165) is 18.4 Å². The molecule has 0 radical (unpaired) electrons. The van der Waals surface area contributed by atoms with E-state index in [-0.39, 0.29) is 22.6 Å². The quantitative estimate of drug-likeness (QED) is 0.548. The Hall–Kier alpha value is -3.68. The Labute approximate surface area is 158 Å². The van der Waals surface area contributed by atoms with Crippen molar-refractivity contribution >= 4 is 28.3 Å². The summed E-state index contributed by atoms with van der Waals surface area (Å²) >= 11 is 0. The number of aryl methyl sites for hydroxylation is 1. The SMILES string of the molecule is CC(=O)Nc1ccc(-c2cc(=O)c3cc4c(cc3o2)CCCO4)cc1[N+](=O)[O-]. The summed E-state index contributed by atoms with van der Waals surface area (Å²) in [4.78, 5) is 34.6. The number of nitrogens with one attached hydrogen (secondary N) is 1. The second kappa shape index (κ2) is 6.80. The van der Waals surface area contributed by atoms with E-state index in [1.165, 1.54) is 25.1 Å². The van der Waals surface area contributed by atoms with Crippen LogP contribution in [0.5, 0.6) is 5.75 Å². The maximum atomic E-state index is 12.6. The summed E-state index contributed by atoms with van der Waals surface area (Å²) in [6.45, 7) is 1.89. The van der Waals surface area contributed by atoms with Gasteiger partial charge in [0.1, 0.15) is 22.8 Å². The topological polar surface area (TPSA) is 112 Å². The molecule has 0 saturated carbocycles. The van der Waals surface area contributed by atoms with E-state index in [4.69, 9.17) is 9.15 Å². The Bertz CT molecular complexity index is 1180. The van der Waals surface area contributed by atoms with E-state index in [9.17, 15) is 19.7 Å². The Morgan fingerprint density at radius 2 is 2.04 bits per heavy atom. The van der Waals surface area contributed by atoms with Gasteiger partial charge in [-0.15, -0.1) is 0 Å². The van der Waals surface area contributed by atoms with Gasteiger partial charge in [-0.25, -0.2) is 0 Å². The number of fused-ring (bicyclic) bond motifs is 2. The summed E-state index contributed by atoms with van der Waals surface area (Å²) in [5, 5.41) is 14.2. The van der Waals surface area contributed by atoms with E-state index in [1.807, 2.05) is 0 Å². The molecule has 142 valence electrons. The fourth-order valence-corrected chi connectivity index (χ4v) is 3.27. The minimum atomic E-state index is -0.596. The molecule has 0 atom stereocenters. The molecule has 1 aliphatic rings. The molecule has 8 nitrogen and oxygen atoms in total. The number of hydrogen-bond donors (Lipinski definition) is 1. The molecule has 3 aromatic rings. The molecule has 0 bridgehead atoms. The van der Waals surface area contributed by atoms with Crippen molar-refractivity contribution in [2.24, 2.45) is 0 Å². The van der Waals surface area contributed by atoms with Gasteiger partial charge in [0.05, 0.1) is 16.9 Å². The molecule has 1 aliphatic heterocycles. The van der Waals surface area contributed by atoms with Gasteiger partial charge in [-0.1, -0.05) is 0 Å². The minimum absolute atomic E-state index is 0.0793. The first-order valence-corrected chi connectivity index (χ1v) is 8.72. The van der Waals surface area contributed by atoms with Crippen molar-refractivity contribution in [3.8, 4) is 17.1 Å². The molecular weight excluding hydrogens is 364 g/mol. The van der Waals surface area contributed by atoms with Crippen LogP contribution in [0.1, 0.15) is 18.9 Å². The first-order chi connectivity index (χ1) is 13.4. The third-order valence-corrected chi connectivity index (χ3v) is 4.55. The van der Waals surface area contributed by atoms with Crippen LogP contribution >= 0.6 is 0 Å². The summed E-state index contributed by atoms with van der Waals surface area (Å²) in [6.07, 6.45) is 1.72. The van der Waals surface area contributed by atoms with Crippen LogP contribution in [-0.2, 0) is 11.2 Å². The second-order valence-electron chi connectivity index (χ2n) is 6.55. The molecule has 1 N–H and O–H groups in total. The van der Waals surface area contributed by atoms with Gasteiger partial charge in [0.15, 0.2) is 5.43 Å². The Balaban J connectivity index is 1.84. The van der Waals surface area contributed by atoms with Gasteiger partial charge in [-0.3, -0.25) is 19.7 Å². The van der Waals surface area contributed by atoms with Crippen molar-refractivity contribution in [3.63, 3.8) is 0 Å². The van der Waals surface area contributed by atoms with Gasteiger partial charge in [0.2, 0.25) is 5.91 Å². The molecule has 0 fully saturated rings. The second-order valence-corrected chi connectivity index (χ2v) is 6.55. The zero-order valence-corrected chi connectivity index (χ0v) is 15.0. The van der Waals surface area contributed by atoms with Crippen LogP contribution in [-0.4, -0.2) is 17.4 Å². The zero-order valence-electron chi connectivity index (χ0n) is 15.0. The number of nitrogens with zero attached hydrogens (tertiary/aromatic N) is 1. The Morgan fingerprint density at radius 1 is 1.21 bits per heavy atom. The van der Waals surface area contributed by atoms with Crippen LogP contribution < -0.4 is 15.5 Å². The fourth-order valence-electron chi connectivity index (χ4n) is 3.27. The van der Waals surface area contributed by atoms with Gasteiger partial charge in [0, 0.05) is 24.6 Å². The number of hydrogen-bond acceptors (Lipinski definition) is 6. The molecule has 2 heterocycles. The van der Waals surface area contributed by atoms with Gasteiger partial charge in [0.25, 0.3) is 5.69 Å². The molecular formula is C20H16N2O6. The number of nitro benzene ring substituents is 1. The van der Waals surface area contributed by atoms with Crippen molar-refractivity contribution < 1.29 is 18.9 Å². The monoisotopic (exact) mass is 380 g/mol. The highest BCUT2D eigenvalue weighted by Crippen LogP contribution is 2.33. The lowest BCUT2D eigenvalue weighted by atomic mass is 10.0. The molecule has 0 saturated heterocycles. The van der Waals surface area contributed by atoms with Crippen LogP contribution in [0.3, 0.4) is 0 Å². The van der Waals surface area contributed by atoms with Gasteiger partial charge < -0.3 is 14.5 Å². The summed E-state index contributed by atoms with van der Waals surface area (Å²) in [5.41, 5.74) is 1.27. The van der Waals surface area contributed by atoms with Crippen LogP contribution in [0.2, 0.25) is 0 Å². The lowest BCUT2D eigenvalue weighted by Crippen LogP contribution is -2.10. The number of amides is 1. The fraction of sp³-hybridized carbons (Fsp3) is 0.200. The summed E-state index contributed by atoms with van der Waals surface area (Å²) < 4.78 is 11.5. The van der Waals surface area contributed by atoms with Crippen LogP contribution in [0.4, 0.5) is 11.4 Å². The highest BCUT2D eigenvalue weighted by atomic mass is 16.6. The molecule has 0 unspecified atom stereocenters. The summed E-state index contributed by atoms with van der Waals surface area (Å²) in [6, 6.07) is 9.02. The largest absolute Gasteiger partial charge is 0.493 e. The minimum Gasteiger partial charge on any atom is -0.493 e. The van der Waals surface area contributed by atoms with Crippen molar-refractivity contribution in [2.45, 2.75) is 19.8 Å². The predicted octanol–water partition coefficient (Wildman–Crippen LogP) is 3.65. The van der Waals surface area contributed by atoms with Crippen LogP contribution in [0, 0.1) is 10.1 Å². The molecule has 1 aromatic heterocycles. The maximum Gasteiger partial charge on any atom is 0.293 e. The number of nitro groups is 1. The normalized spacial score (nSPS) is 12.9. The maximum absolute atomic E-state index is 12.6. The highest BCUT2D eigenvalue weighted by Gasteiger charge is 2.19. The first kappa shape index (κ1) is 17.7. The zero-order chi connectivity index (χ0) is 19.8. The average Bonchev–Trinajstić information content (AvgIpc) is 2.66. The van der Waals surface area contributed by atoms with E-state index >= 15 is 0 Å². The van der Waals surface area contributed by atoms with Crippen molar-refractivity contribution in [2.75, 3.05) is 11.9 Å². The van der Waals surface area contributed by atoms with Crippen molar-refractivity contribution in [3.05, 3.63) is 62.3 Å². The molecule has 28 heavy (non-hydrogen) atoms. The third-order valence-electron chi connectivity index (χ3n) is 4.55. The van der Waals surface area contributed by atoms with E-state index in [2.05, 4.69) is 5.32 Å². The Morgan fingerprint density at radius 3 is 2.79 bits per heavy atom. The van der Waals surface area contributed by atoms with Crippen molar-refractivity contribution in [1.29, 1.82) is 0 Å². The lowest BCUT2D eigenvalue weighted by molar-refractivity contribution is -0.383. The van der Waals surface area contributed by atoms with Crippen molar-refractivity contribution in [1.82, 2.24) is 0 Å². The smallest absolute Gasteiger partial charge is 0.293 e. The summed E-state index contributed by atoms with van der Waals surface area (Å²) in [7, 11) is 0. The van der Waals surface area contributed by atoms with Gasteiger partial charge in [-0.05, 0) is 42.7 Å². The number of carbonyl (C=O) groups excluding carboxylic acids is 1. The molecule has 8 heteroatoms. The molecule has 4 rings (SSSR count). The average molecular weight is 380 g/mol. The van der Waals surface area contributed by atoms with Crippen LogP contribution in [0.15, 0.2) is 45.6 Å². The highest BCUT2D eigenvalue weighted by molar-refractivity contribution is 5.92. The molecule has 2 aromatic carbocycles. The number of rotatable bonds is 3. The number of benzene rings is 2. The van der Waals surface area contributed by atoms with Crippen LogP contribution in [0.25, 0.3) is 22.3 Å². The summed E-state index contributed by atoms with van der Waals surface area (Å²) in [5.74, 6) is 0.487. The van der Waals surface area contributed by atoms with Gasteiger partial charge in [-0.2, -0.15) is 0 Å². The third kappa shape index (κ3) is 3.20. The number of carbonyl (C=O) groups is 1. The Kier molecular flexibility index (Phi) is 4.31. The standard InChI is InChI=1S/C20H16N2O6/c1-11(23)21-15-5-4-13(7-16(15)22(25)26)19-10-17(24)14-9-18-12(3-2-6-27-18)8-20(14)28-19/h4-5,7-10H,2-3,6H2,1H3,(H,21,23). The lowest BCUT2D eigenvalue weighted by Gasteiger charge is -2.17.